The van der Waals surface area contributed by atoms with E-state index in [4.69, 9.17) is 15.3 Å². The van der Waals surface area contributed by atoms with E-state index in [1.165, 1.54) is 0 Å². The van der Waals surface area contributed by atoms with Crippen LogP contribution in [0.25, 0.3) is 0 Å². The predicted octanol–water partition coefficient (Wildman–Crippen LogP) is 5.27. The fraction of sp³-hybridized carbons (Fsp3) is 0.750. The van der Waals surface area contributed by atoms with Crippen molar-refractivity contribution in [2.24, 2.45) is 17.8 Å². The number of hydrogen-bond acceptors (Lipinski definition) is 3. The molecule has 0 aliphatic carbocycles. The van der Waals surface area contributed by atoms with Crippen molar-refractivity contribution in [2.75, 3.05) is 19.8 Å². The van der Waals surface area contributed by atoms with Crippen molar-refractivity contribution in [2.45, 2.75) is 58.9 Å². The summed E-state index contributed by atoms with van der Waals surface area (Å²) in [7, 11) is -7.72. The van der Waals surface area contributed by atoms with Crippen molar-refractivity contribution in [1.29, 1.82) is 0 Å². The minimum Gasteiger partial charge on any atom is -0.396 e. The zero-order chi connectivity index (χ0) is 27.3. The minimum absolute atomic E-state index is 0. The van der Waals surface area contributed by atoms with Crippen LogP contribution in [-0.4, -0.2) is 60.6 Å². The Labute approximate surface area is 214 Å². The van der Waals surface area contributed by atoms with Crippen LogP contribution < -0.4 is 5.19 Å². The molecule has 0 radical (unpaired) electrons. The maximum absolute atomic E-state index is 12.6. The van der Waals surface area contributed by atoms with Gasteiger partial charge in [-0.05, 0) is 17.8 Å². The van der Waals surface area contributed by atoms with E-state index in [0.717, 1.165) is 0 Å². The monoisotopic (exact) mass is 611 g/mol. The van der Waals surface area contributed by atoms with Crippen molar-refractivity contribution in [3.05, 3.63) is 24.3 Å². The zero-order valence-electron chi connectivity index (χ0n) is 19.9. The second kappa shape index (κ2) is 18.0. The first-order valence-corrected chi connectivity index (χ1v) is 11.9. The number of alkyl halides is 9. The molecule has 1 rings (SSSR count). The number of aliphatic hydroxyl groups is 3. The van der Waals surface area contributed by atoms with Gasteiger partial charge in [0.25, 0.3) is 0 Å². The summed E-state index contributed by atoms with van der Waals surface area (Å²) in [6.45, 7) is 12.7. The number of rotatable bonds is 4. The molecule has 0 saturated heterocycles. The SMILES string of the molecule is CC(C)CO.CC(C)CO.CC(C)CO.FC(F)(F)[Si]([c-]1cccc1)(C(F)(F)F)C(F)(F)F.[Zr]. The molecular weight excluding hydrogens is 579 g/mol. The van der Waals surface area contributed by atoms with Crippen molar-refractivity contribution in [3.8, 4) is 0 Å². The predicted molar refractivity (Wildman–Crippen MR) is 111 cm³/mol. The summed E-state index contributed by atoms with van der Waals surface area (Å²) >= 11 is 0. The molecule has 34 heavy (non-hydrogen) atoms. The Morgan fingerprint density at radius 3 is 0.882 bits per heavy atom. The molecule has 0 aliphatic heterocycles. The summed E-state index contributed by atoms with van der Waals surface area (Å²) in [6, 6.07) is 1.84. The van der Waals surface area contributed by atoms with Gasteiger partial charge in [0.05, 0.1) is 0 Å². The molecule has 0 heterocycles. The molecule has 3 nitrogen and oxygen atoms in total. The summed E-state index contributed by atoms with van der Waals surface area (Å²) < 4.78 is 113. The second-order valence-electron chi connectivity index (χ2n) is 8.15. The van der Waals surface area contributed by atoms with E-state index < -0.39 is 30.7 Å². The quantitative estimate of drug-likeness (QED) is 0.247. The molecule has 0 bridgehead atoms. The van der Waals surface area contributed by atoms with Gasteiger partial charge in [0.1, 0.15) is 0 Å². The van der Waals surface area contributed by atoms with E-state index in [1.54, 1.807) is 0 Å². The number of hydrogen-bond donors (Lipinski definition) is 3. The molecule has 0 amide bonds. The third kappa shape index (κ3) is 14.3. The first-order valence-electron chi connectivity index (χ1n) is 9.92. The van der Waals surface area contributed by atoms with Crippen molar-refractivity contribution in [1.82, 2.24) is 0 Å². The van der Waals surface area contributed by atoms with Crippen LogP contribution in [0.15, 0.2) is 24.3 Å². The van der Waals surface area contributed by atoms with Crippen molar-refractivity contribution < 1.29 is 81.0 Å². The summed E-state index contributed by atoms with van der Waals surface area (Å²) in [5.41, 5.74) is 0. The molecule has 0 fully saturated rings. The van der Waals surface area contributed by atoms with Gasteiger partial charge < -0.3 is 15.3 Å². The Kier molecular flexibility index (Phi) is 21.7. The minimum atomic E-state index is -7.72. The van der Waals surface area contributed by atoms with Crippen LogP contribution in [0.5, 0.6) is 0 Å². The fourth-order valence-electron chi connectivity index (χ4n) is 1.60. The third-order valence-corrected chi connectivity index (χ3v) is 7.22. The molecule has 0 aliphatic rings. The van der Waals surface area contributed by atoms with Crippen molar-refractivity contribution in [3.63, 3.8) is 0 Å². The van der Waals surface area contributed by atoms with Crippen LogP contribution in [0.1, 0.15) is 41.5 Å². The van der Waals surface area contributed by atoms with E-state index in [-0.39, 0.29) is 38.3 Å². The molecule has 0 unspecified atom stereocenters. The molecule has 0 spiro atoms. The van der Waals surface area contributed by atoms with Gasteiger partial charge in [-0.3, -0.25) is 0 Å². The van der Waals surface area contributed by atoms with Gasteiger partial charge in [-0.25, -0.2) is 12.1 Å². The van der Waals surface area contributed by atoms with Crippen LogP contribution in [-0.2, 0) is 26.2 Å². The Hall–Kier alpha value is -0.300. The largest absolute Gasteiger partial charge is 0.399 e. The van der Waals surface area contributed by atoms with E-state index in [1.807, 2.05) is 41.5 Å². The average molecular weight is 613 g/mol. The molecular formula is C20H34F9O3SiZr-. The van der Waals surface area contributed by atoms with Gasteiger partial charge in [-0.1, -0.05) is 41.5 Å². The van der Waals surface area contributed by atoms with E-state index >= 15 is 0 Å². The van der Waals surface area contributed by atoms with Gasteiger partial charge in [0.15, 0.2) is 0 Å². The van der Waals surface area contributed by atoms with Crippen LogP contribution in [0.4, 0.5) is 39.5 Å². The Bertz CT molecular complexity index is 531. The average Bonchev–Trinajstić information content (AvgIpc) is 3.13. The Morgan fingerprint density at radius 1 is 0.588 bits per heavy atom. The molecule has 1 aromatic carbocycles. The summed E-state index contributed by atoms with van der Waals surface area (Å²) in [5.74, 6) is -17.9. The molecule has 14 heteroatoms. The maximum Gasteiger partial charge on any atom is 0.399 e. The number of halogens is 9. The molecule has 0 atom stereocenters. The summed E-state index contributed by atoms with van der Waals surface area (Å²) in [6.07, 6.45) is 0. The molecule has 0 saturated carbocycles. The summed E-state index contributed by atoms with van der Waals surface area (Å²) in [4.78, 5) is 0. The topological polar surface area (TPSA) is 60.7 Å². The van der Waals surface area contributed by atoms with E-state index in [2.05, 4.69) is 0 Å². The second-order valence-corrected chi connectivity index (χ2v) is 11.9. The van der Waals surface area contributed by atoms with Crippen LogP contribution in [0.2, 0.25) is 0 Å². The Morgan fingerprint density at radius 2 is 0.765 bits per heavy atom. The van der Waals surface area contributed by atoms with Gasteiger partial charge in [-0.2, -0.15) is 51.6 Å². The van der Waals surface area contributed by atoms with Crippen LogP contribution in [0.3, 0.4) is 0 Å². The molecule has 0 aromatic heterocycles. The third-order valence-electron chi connectivity index (χ3n) is 3.47. The smallest absolute Gasteiger partial charge is 0.396 e. The molecule has 1 aromatic rings. The first kappa shape index (κ1) is 40.9. The van der Waals surface area contributed by atoms with E-state index in [9.17, 15) is 39.5 Å². The van der Waals surface area contributed by atoms with E-state index in [0.29, 0.717) is 49.7 Å². The van der Waals surface area contributed by atoms with Crippen LogP contribution in [0, 0.1) is 17.8 Å². The van der Waals surface area contributed by atoms with Crippen molar-refractivity contribution >= 4 is 13.3 Å². The van der Waals surface area contributed by atoms with Gasteiger partial charge in [0, 0.05) is 46.0 Å². The first-order chi connectivity index (χ1) is 14.7. The summed E-state index contributed by atoms with van der Waals surface area (Å²) in [5, 5.41) is 22.7. The van der Waals surface area contributed by atoms with Gasteiger partial charge >= 0.3 is 25.5 Å². The standard InChI is InChI=1S/C8H4F9Si.3C4H10O.Zr/c9-6(10,11)18(7(12,13)14,8(15,16)17)5-3-1-2-4-5;3*1-4(2)3-5;/h1-4H;3*4-5H,3H2,1-2H3;/q-1;;;;. The molecule has 204 valence electrons. The molecule has 3 N–H and O–H groups in total. The fourth-order valence-corrected chi connectivity index (χ4v) is 4.24. The zero-order valence-corrected chi connectivity index (χ0v) is 23.4. The number of aliphatic hydroxyl groups excluding tert-OH is 3. The Balaban J connectivity index is -0.000000231. The maximum atomic E-state index is 12.6. The van der Waals surface area contributed by atoms with Gasteiger partial charge in [-0.15, -0.1) is 5.19 Å². The van der Waals surface area contributed by atoms with Crippen LogP contribution >= 0.6 is 0 Å². The normalized spacial score (nSPS) is 12.1. The van der Waals surface area contributed by atoms with Gasteiger partial charge in [0.2, 0.25) is 0 Å².